The lowest BCUT2D eigenvalue weighted by Crippen LogP contribution is -2.15. The highest BCUT2D eigenvalue weighted by atomic mass is 35.5. The average molecular weight is 325 g/mol. The van der Waals surface area contributed by atoms with Gasteiger partial charge in [-0.3, -0.25) is 4.79 Å². The number of carbonyl (C=O) groups excluding carboxylic acids is 2. The molecule has 1 heterocycles. The molecule has 0 bridgehead atoms. The second-order valence-corrected chi connectivity index (χ2v) is 5.59. The molecule has 0 aliphatic rings. The van der Waals surface area contributed by atoms with Gasteiger partial charge in [0.1, 0.15) is 4.88 Å². The van der Waals surface area contributed by atoms with E-state index >= 15 is 0 Å². The monoisotopic (exact) mass is 324 g/mol. The fourth-order valence-corrected chi connectivity index (χ4v) is 2.87. The molecule has 5 nitrogen and oxygen atoms in total. The number of hydrogen-bond donors (Lipinski definition) is 2. The number of halogens is 1. The van der Waals surface area contributed by atoms with Crippen LogP contribution in [0.25, 0.3) is 0 Å². The SMILES string of the molecule is COC(=O)c1scc(C)c1NC(=O)c1cc(N)ccc1Cl. The van der Waals surface area contributed by atoms with Crippen LogP contribution < -0.4 is 11.1 Å². The first kappa shape index (κ1) is 15.3. The molecule has 1 aromatic heterocycles. The number of carbonyl (C=O) groups is 2. The second-order valence-electron chi connectivity index (χ2n) is 4.31. The quantitative estimate of drug-likeness (QED) is 0.670. The maximum Gasteiger partial charge on any atom is 0.350 e. The lowest BCUT2D eigenvalue weighted by Gasteiger charge is -2.09. The van der Waals surface area contributed by atoms with Crippen LogP contribution >= 0.6 is 22.9 Å². The van der Waals surface area contributed by atoms with Crippen LogP contribution in [-0.4, -0.2) is 19.0 Å². The summed E-state index contributed by atoms with van der Waals surface area (Å²) in [4.78, 5) is 24.3. The van der Waals surface area contributed by atoms with Gasteiger partial charge in [-0.25, -0.2) is 4.79 Å². The first-order valence-corrected chi connectivity index (χ1v) is 7.22. The van der Waals surface area contributed by atoms with Crippen LogP contribution in [0.15, 0.2) is 23.6 Å². The molecule has 0 aliphatic carbocycles. The van der Waals surface area contributed by atoms with E-state index in [4.69, 9.17) is 22.1 Å². The van der Waals surface area contributed by atoms with E-state index in [0.29, 0.717) is 16.3 Å². The summed E-state index contributed by atoms with van der Waals surface area (Å²) in [6.07, 6.45) is 0. The normalized spacial score (nSPS) is 10.2. The van der Waals surface area contributed by atoms with Gasteiger partial charge in [0.05, 0.1) is 23.4 Å². The van der Waals surface area contributed by atoms with Crippen molar-refractivity contribution in [3.05, 3.63) is 44.6 Å². The van der Waals surface area contributed by atoms with Crippen molar-refractivity contribution in [3.8, 4) is 0 Å². The third kappa shape index (κ3) is 3.17. The molecule has 7 heteroatoms. The van der Waals surface area contributed by atoms with Gasteiger partial charge in [-0.15, -0.1) is 11.3 Å². The maximum absolute atomic E-state index is 12.3. The van der Waals surface area contributed by atoms with E-state index in [2.05, 4.69) is 5.32 Å². The second kappa shape index (κ2) is 6.15. The Bertz CT molecular complexity index is 712. The molecule has 0 spiro atoms. The molecule has 0 saturated heterocycles. The lowest BCUT2D eigenvalue weighted by molar-refractivity contribution is 0.0607. The minimum Gasteiger partial charge on any atom is -0.465 e. The number of hydrogen-bond acceptors (Lipinski definition) is 5. The van der Waals surface area contributed by atoms with Gasteiger partial charge in [0, 0.05) is 5.69 Å². The third-order valence-electron chi connectivity index (χ3n) is 2.82. The average Bonchev–Trinajstić information content (AvgIpc) is 2.82. The fraction of sp³-hybridized carbons (Fsp3) is 0.143. The summed E-state index contributed by atoms with van der Waals surface area (Å²) in [7, 11) is 1.29. The van der Waals surface area contributed by atoms with E-state index in [9.17, 15) is 9.59 Å². The highest BCUT2D eigenvalue weighted by molar-refractivity contribution is 7.12. The number of aryl methyl sites for hydroxylation is 1. The van der Waals surface area contributed by atoms with Gasteiger partial charge < -0.3 is 15.8 Å². The molecule has 1 aromatic carbocycles. The van der Waals surface area contributed by atoms with Gasteiger partial charge >= 0.3 is 5.97 Å². The predicted molar refractivity (Wildman–Crippen MR) is 84.2 cm³/mol. The molecule has 0 aliphatic heterocycles. The van der Waals surface area contributed by atoms with Crippen LogP contribution in [0.3, 0.4) is 0 Å². The summed E-state index contributed by atoms with van der Waals surface area (Å²) in [5.74, 6) is -0.930. The number of rotatable bonds is 3. The highest BCUT2D eigenvalue weighted by Gasteiger charge is 2.20. The third-order valence-corrected chi connectivity index (χ3v) is 4.23. The number of ether oxygens (including phenoxy) is 1. The smallest absolute Gasteiger partial charge is 0.350 e. The number of benzene rings is 1. The summed E-state index contributed by atoms with van der Waals surface area (Å²) in [5, 5.41) is 4.74. The number of nitrogen functional groups attached to an aromatic ring is 1. The Labute approximate surface area is 130 Å². The molecule has 2 rings (SSSR count). The Balaban J connectivity index is 2.34. The standard InChI is InChI=1S/C14H13ClN2O3S/c1-7-6-21-12(14(19)20-2)11(7)17-13(18)9-5-8(16)3-4-10(9)15/h3-6H,16H2,1-2H3,(H,17,18). The molecule has 0 fully saturated rings. The molecular weight excluding hydrogens is 312 g/mol. The largest absolute Gasteiger partial charge is 0.465 e. The molecule has 0 unspecified atom stereocenters. The molecule has 110 valence electrons. The number of nitrogens with two attached hydrogens (primary N) is 1. The van der Waals surface area contributed by atoms with Gasteiger partial charge in [0.15, 0.2) is 0 Å². The van der Waals surface area contributed by atoms with Crippen LogP contribution in [0.1, 0.15) is 25.6 Å². The van der Waals surface area contributed by atoms with Crippen molar-refractivity contribution in [1.82, 2.24) is 0 Å². The van der Waals surface area contributed by atoms with Crippen molar-refractivity contribution < 1.29 is 14.3 Å². The minimum absolute atomic E-state index is 0.248. The Kier molecular flexibility index (Phi) is 4.50. The zero-order valence-electron chi connectivity index (χ0n) is 11.4. The summed E-state index contributed by atoms with van der Waals surface area (Å²) in [6, 6.07) is 4.64. The number of amides is 1. The fourth-order valence-electron chi connectivity index (χ4n) is 1.74. The van der Waals surface area contributed by atoms with Crippen molar-refractivity contribution >= 4 is 46.2 Å². The topological polar surface area (TPSA) is 81.4 Å². The van der Waals surface area contributed by atoms with Crippen LogP contribution in [0, 0.1) is 6.92 Å². The molecule has 0 atom stereocenters. The summed E-state index contributed by atoms with van der Waals surface area (Å²) < 4.78 is 4.69. The van der Waals surface area contributed by atoms with Gasteiger partial charge in [-0.05, 0) is 36.1 Å². The van der Waals surface area contributed by atoms with E-state index in [-0.39, 0.29) is 10.6 Å². The van der Waals surface area contributed by atoms with E-state index in [1.807, 2.05) is 0 Å². The number of nitrogens with one attached hydrogen (secondary N) is 1. The first-order chi connectivity index (χ1) is 9.93. The molecular formula is C14H13ClN2O3S. The van der Waals surface area contributed by atoms with Crippen molar-refractivity contribution in [2.75, 3.05) is 18.2 Å². The lowest BCUT2D eigenvalue weighted by atomic mass is 10.1. The van der Waals surface area contributed by atoms with Crippen molar-refractivity contribution in [2.24, 2.45) is 0 Å². The minimum atomic E-state index is -0.498. The van der Waals surface area contributed by atoms with Gasteiger partial charge in [0.2, 0.25) is 0 Å². The highest BCUT2D eigenvalue weighted by Crippen LogP contribution is 2.29. The molecule has 21 heavy (non-hydrogen) atoms. The Morgan fingerprint density at radius 2 is 2.10 bits per heavy atom. The summed E-state index contributed by atoms with van der Waals surface area (Å²) in [5.41, 5.74) is 7.53. The van der Waals surface area contributed by atoms with Crippen LogP contribution in [0.5, 0.6) is 0 Å². The number of esters is 1. The van der Waals surface area contributed by atoms with Crippen molar-refractivity contribution in [2.45, 2.75) is 6.92 Å². The zero-order chi connectivity index (χ0) is 15.6. The van der Waals surface area contributed by atoms with Crippen LogP contribution in [0.4, 0.5) is 11.4 Å². The van der Waals surface area contributed by atoms with E-state index in [1.54, 1.807) is 24.4 Å². The predicted octanol–water partition coefficient (Wildman–Crippen LogP) is 3.33. The van der Waals surface area contributed by atoms with Crippen molar-refractivity contribution in [3.63, 3.8) is 0 Å². The zero-order valence-corrected chi connectivity index (χ0v) is 13.0. The van der Waals surface area contributed by atoms with E-state index in [0.717, 1.165) is 5.56 Å². The number of methoxy groups -OCH3 is 1. The summed E-state index contributed by atoms with van der Waals surface area (Å²) in [6.45, 7) is 1.79. The maximum atomic E-state index is 12.3. The number of anilines is 2. The Morgan fingerprint density at radius 3 is 2.76 bits per heavy atom. The van der Waals surface area contributed by atoms with Gasteiger partial charge in [0.25, 0.3) is 5.91 Å². The Morgan fingerprint density at radius 1 is 1.38 bits per heavy atom. The first-order valence-electron chi connectivity index (χ1n) is 5.96. The molecule has 0 saturated carbocycles. The van der Waals surface area contributed by atoms with Crippen LogP contribution in [0.2, 0.25) is 5.02 Å². The van der Waals surface area contributed by atoms with E-state index < -0.39 is 11.9 Å². The summed E-state index contributed by atoms with van der Waals surface area (Å²) >= 11 is 7.20. The van der Waals surface area contributed by atoms with Gasteiger partial charge in [-0.1, -0.05) is 11.6 Å². The molecule has 1 amide bonds. The Hall–Kier alpha value is -2.05. The molecule has 2 aromatic rings. The number of thiophene rings is 1. The van der Waals surface area contributed by atoms with E-state index in [1.165, 1.54) is 24.5 Å². The molecule has 3 N–H and O–H groups in total. The van der Waals surface area contributed by atoms with Crippen molar-refractivity contribution in [1.29, 1.82) is 0 Å². The van der Waals surface area contributed by atoms with Crippen LogP contribution in [-0.2, 0) is 4.74 Å². The molecule has 0 radical (unpaired) electrons. The van der Waals surface area contributed by atoms with Gasteiger partial charge in [-0.2, -0.15) is 0 Å².